The van der Waals surface area contributed by atoms with E-state index in [1.165, 1.54) is 19.1 Å². The highest BCUT2D eigenvalue weighted by Crippen LogP contribution is 2.23. The highest BCUT2D eigenvalue weighted by atomic mass is 16.5. The van der Waals surface area contributed by atoms with Crippen molar-refractivity contribution in [3.63, 3.8) is 0 Å². The van der Waals surface area contributed by atoms with E-state index in [4.69, 9.17) is 14.6 Å². The van der Waals surface area contributed by atoms with Gasteiger partial charge in [-0.05, 0) is 19.1 Å². The largest absolute Gasteiger partial charge is 0.497 e. The number of rotatable bonds is 5. The van der Waals surface area contributed by atoms with Crippen LogP contribution in [-0.4, -0.2) is 49.8 Å². The molecule has 1 aromatic carbocycles. The highest BCUT2D eigenvalue weighted by molar-refractivity contribution is 5.95. The zero-order chi connectivity index (χ0) is 13.7. The fourth-order valence-corrected chi connectivity index (χ4v) is 1.46. The van der Waals surface area contributed by atoms with Crippen molar-refractivity contribution in [2.45, 2.75) is 13.0 Å². The van der Waals surface area contributed by atoms with Crippen LogP contribution in [0, 0.1) is 0 Å². The molecule has 0 spiro atoms. The minimum atomic E-state index is -0.241. The van der Waals surface area contributed by atoms with Crippen molar-refractivity contribution in [1.82, 2.24) is 4.90 Å². The molecular weight excluding hydrogens is 234 g/mol. The monoisotopic (exact) mass is 253 g/mol. The van der Waals surface area contributed by atoms with Crippen molar-refractivity contribution < 1.29 is 19.4 Å². The quantitative estimate of drug-likeness (QED) is 0.855. The second-order valence-electron chi connectivity index (χ2n) is 4.05. The molecule has 1 N–H and O–H groups in total. The molecule has 100 valence electrons. The SMILES string of the molecule is COc1cc(OC)cc(C(=O)N(C)C(C)CO)c1. The van der Waals surface area contributed by atoms with E-state index in [2.05, 4.69) is 0 Å². The lowest BCUT2D eigenvalue weighted by Gasteiger charge is -2.23. The number of hydrogen-bond donors (Lipinski definition) is 1. The Morgan fingerprint density at radius 3 is 2.17 bits per heavy atom. The van der Waals surface area contributed by atoms with Crippen LogP contribution in [0.25, 0.3) is 0 Å². The molecule has 1 aromatic rings. The zero-order valence-corrected chi connectivity index (χ0v) is 11.1. The summed E-state index contributed by atoms with van der Waals surface area (Å²) in [7, 11) is 4.71. The lowest BCUT2D eigenvalue weighted by molar-refractivity contribution is 0.0681. The van der Waals surface area contributed by atoms with Gasteiger partial charge in [0.05, 0.1) is 26.9 Å². The molecule has 1 atom stereocenters. The number of methoxy groups -OCH3 is 2. The van der Waals surface area contributed by atoms with Crippen molar-refractivity contribution in [3.8, 4) is 11.5 Å². The van der Waals surface area contributed by atoms with Gasteiger partial charge in [0, 0.05) is 18.7 Å². The highest BCUT2D eigenvalue weighted by Gasteiger charge is 2.18. The van der Waals surface area contributed by atoms with Crippen LogP contribution >= 0.6 is 0 Å². The van der Waals surface area contributed by atoms with Crippen molar-refractivity contribution >= 4 is 5.91 Å². The van der Waals surface area contributed by atoms with Crippen LogP contribution in [0.1, 0.15) is 17.3 Å². The number of aliphatic hydroxyl groups is 1. The molecule has 1 unspecified atom stereocenters. The summed E-state index contributed by atoms with van der Waals surface area (Å²) in [4.78, 5) is 13.7. The summed E-state index contributed by atoms with van der Waals surface area (Å²) in [5.74, 6) is 0.930. The Labute approximate surface area is 107 Å². The molecule has 0 aliphatic heterocycles. The van der Waals surface area contributed by atoms with E-state index in [0.29, 0.717) is 17.1 Å². The van der Waals surface area contributed by atoms with Crippen molar-refractivity contribution in [2.75, 3.05) is 27.9 Å². The van der Waals surface area contributed by atoms with Gasteiger partial charge in [-0.3, -0.25) is 4.79 Å². The normalized spacial score (nSPS) is 11.8. The lowest BCUT2D eigenvalue weighted by atomic mass is 10.1. The summed E-state index contributed by atoms with van der Waals surface area (Å²) in [6.45, 7) is 1.69. The van der Waals surface area contributed by atoms with Crippen LogP contribution in [0.4, 0.5) is 0 Å². The summed E-state index contributed by atoms with van der Waals surface area (Å²) < 4.78 is 10.2. The molecule has 0 radical (unpaired) electrons. The zero-order valence-electron chi connectivity index (χ0n) is 11.1. The first kappa shape index (κ1) is 14.3. The number of carbonyl (C=O) groups is 1. The van der Waals surface area contributed by atoms with Crippen molar-refractivity contribution in [2.24, 2.45) is 0 Å². The predicted octanol–water partition coefficient (Wildman–Crippen LogP) is 1.16. The maximum atomic E-state index is 12.2. The lowest BCUT2D eigenvalue weighted by Crippen LogP contribution is -2.37. The van der Waals surface area contributed by atoms with E-state index in [9.17, 15) is 4.79 Å². The smallest absolute Gasteiger partial charge is 0.254 e. The Kier molecular flexibility index (Phi) is 4.97. The first-order valence-electron chi connectivity index (χ1n) is 5.64. The Morgan fingerprint density at radius 1 is 1.28 bits per heavy atom. The molecule has 5 nitrogen and oxygen atoms in total. The number of likely N-dealkylation sites (N-methyl/N-ethyl adjacent to an activating group) is 1. The molecule has 0 saturated carbocycles. The van der Waals surface area contributed by atoms with E-state index >= 15 is 0 Å². The van der Waals surface area contributed by atoms with Gasteiger partial charge in [0.25, 0.3) is 5.91 Å². The standard InChI is InChI=1S/C13H19NO4/c1-9(8-15)14(2)13(16)10-5-11(17-3)7-12(6-10)18-4/h5-7,9,15H,8H2,1-4H3. The average Bonchev–Trinajstić information content (AvgIpc) is 2.43. The Morgan fingerprint density at radius 2 is 1.78 bits per heavy atom. The van der Waals surface area contributed by atoms with Gasteiger partial charge in [0.1, 0.15) is 11.5 Å². The fourth-order valence-electron chi connectivity index (χ4n) is 1.46. The van der Waals surface area contributed by atoms with Gasteiger partial charge in [-0.15, -0.1) is 0 Å². The third-order valence-electron chi connectivity index (χ3n) is 2.84. The number of benzene rings is 1. The van der Waals surface area contributed by atoms with Gasteiger partial charge in [-0.25, -0.2) is 0 Å². The molecular formula is C13H19NO4. The van der Waals surface area contributed by atoms with Crippen LogP contribution in [0.5, 0.6) is 11.5 Å². The van der Waals surface area contributed by atoms with Gasteiger partial charge < -0.3 is 19.5 Å². The molecule has 18 heavy (non-hydrogen) atoms. The minimum absolute atomic E-state index is 0.0800. The number of carbonyl (C=O) groups excluding carboxylic acids is 1. The molecule has 1 rings (SSSR count). The number of nitrogens with zero attached hydrogens (tertiary/aromatic N) is 1. The summed E-state index contributed by atoms with van der Waals surface area (Å²) in [6, 6.07) is 4.75. The van der Waals surface area contributed by atoms with E-state index in [-0.39, 0.29) is 18.6 Å². The van der Waals surface area contributed by atoms with Gasteiger partial charge in [-0.2, -0.15) is 0 Å². The van der Waals surface area contributed by atoms with Crippen molar-refractivity contribution in [1.29, 1.82) is 0 Å². The van der Waals surface area contributed by atoms with Crippen LogP contribution in [0.3, 0.4) is 0 Å². The minimum Gasteiger partial charge on any atom is -0.497 e. The van der Waals surface area contributed by atoms with Crippen LogP contribution in [0.15, 0.2) is 18.2 Å². The molecule has 1 amide bonds. The van der Waals surface area contributed by atoms with Gasteiger partial charge in [0.2, 0.25) is 0 Å². The fraction of sp³-hybridized carbons (Fsp3) is 0.462. The van der Waals surface area contributed by atoms with E-state index < -0.39 is 0 Å². The molecule has 5 heteroatoms. The third kappa shape index (κ3) is 3.13. The van der Waals surface area contributed by atoms with Crippen LogP contribution in [-0.2, 0) is 0 Å². The third-order valence-corrected chi connectivity index (χ3v) is 2.84. The predicted molar refractivity (Wildman–Crippen MR) is 68.2 cm³/mol. The molecule has 0 bridgehead atoms. The topological polar surface area (TPSA) is 59.0 Å². The molecule has 0 aliphatic rings. The van der Waals surface area contributed by atoms with Gasteiger partial charge in [0.15, 0.2) is 0 Å². The second-order valence-corrected chi connectivity index (χ2v) is 4.05. The molecule has 0 aromatic heterocycles. The van der Waals surface area contributed by atoms with Crippen LogP contribution in [0.2, 0.25) is 0 Å². The van der Waals surface area contributed by atoms with Crippen molar-refractivity contribution in [3.05, 3.63) is 23.8 Å². The molecule has 0 saturated heterocycles. The van der Waals surface area contributed by atoms with E-state index in [0.717, 1.165) is 0 Å². The summed E-state index contributed by atoms with van der Waals surface area (Å²) in [6.07, 6.45) is 0. The number of aliphatic hydroxyl groups excluding tert-OH is 1. The van der Waals surface area contributed by atoms with Gasteiger partial charge in [-0.1, -0.05) is 0 Å². The van der Waals surface area contributed by atoms with Gasteiger partial charge >= 0.3 is 0 Å². The second kappa shape index (κ2) is 6.26. The average molecular weight is 253 g/mol. The maximum absolute atomic E-state index is 12.2. The first-order chi connectivity index (χ1) is 8.53. The van der Waals surface area contributed by atoms with E-state index in [1.807, 2.05) is 0 Å². The molecule has 0 aliphatic carbocycles. The number of ether oxygens (including phenoxy) is 2. The number of amides is 1. The first-order valence-corrected chi connectivity index (χ1v) is 5.64. The van der Waals surface area contributed by atoms with E-state index in [1.54, 1.807) is 32.2 Å². The Balaban J connectivity index is 3.04. The summed E-state index contributed by atoms with van der Waals surface area (Å²) in [5.41, 5.74) is 0.467. The summed E-state index contributed by atoms with van der Waals surface area (Å²) >= 11 is 0. The number of hydrogen-bond acceptors (Lipinski definition) is 4. The Hall–Kier alpha value is -1.75. The Bertz CT molecular complexity index is 397. The summed E-state index contributed by atoms with van der Waals surface area (Å²) in [5, 5.41) is 9.06. The molecule has 0 heterocycles. The molecule has 0 fully saturated rings. The maximum Gasteiger partial charge on any atom is 0.254 e. The van der Waals surface area contributed by atoms with Crippen LogP contribution < -0.4 is 9.47 Å².